The minimum Gasteiger partial charge on any atom is -0.292 e. The molecule has 0 bridgehead atoms. The summed E-state index contributed by atoms with van der Waals surface area (Å²) in [7, 11) is 0. The standard InChI is InChI=1S/C10H9ClO/c11-9-6-5-7-3-1-2-4-8(7)10(9)12/h1-4,9H,5-6H2. The number of carbonyl (C=O) groups excluding carboxylic acids is 1. The number of alkyl halides is 1. The van der Waals surface area contributed by atoms with Crippen LogP contribution >= 0.6 is 11.6 Å². The summed E-state index contributed by atoms with van der Waals surface area (Å²) in [6.45, 7) is 0. The van der Waals surface area contributed by atoms with Crippen LogP contribution in [0.2, 0.25) is 0 Å². The van der Waals surface area contributed by atoms with Crippen molar-refractivity contribution in [2.75, 3.05) is 0 Å². The average molecular weight is 181 g/mol. The van der Waals surface area contributed by atoms with Gasteiger partial charge in [0.1, 0.15) is 0 Å². The molecule has 1 aliphatic rings. The van der Waals surface area contributed by atoms with Gasteiger partial charge in [-0.1, -0.05) is 24.3 Å². The molecule has 2 heteroatoms. The highest BCUT2D eigenvalue weighted by Crippen LogP contribution is 2.23. The molecule has 0 saturated carbocycles. The second-order valence-electron chi connectivity index (χ2n) is 3.03. The predicted molar refractivity (Wildman–Crippen MR) is 48.7 cm³/mol. The zero-order valence-corrected chi connectivity index (χ0v) is 7.34. The summed E-state index contributed by atoms with van der Waals surface area (Å²) in [4.78, 5) is 11.5. The second kappa shape index (κ2) is 2.91. The minimum atomic E-state index is -0.306. The zero-order chi connectivity index (χ0) is 8.55. The Balaban J connectivity index is 2.49. The molecule has 0 spiro atoms. The van der Waals surface area contributed by atoms with Crippen LogP contribution in [0.1, 0.15) is 22.3 Å². The molecule has 62 valence electrons. The van der Waals surface area contributed by atoms with Crippen LogP contribution in [0.3, 0.4) is 0 Å². The first kappa shape index (κ1) is 7.81. The maximum Gasteiger partial charge on any atom is 0.180 e. The van der Waals surface area contributed by atoms with Crippen molar-refractivity contribution in [2.45, 2.75) is 18.2 Å². The van der Waals surface area contributed by atoms with E-state index in [1.807, 2.05) is 24.3 Å². The van der Waals surface area contributed by atoms with Gasteiger partial charge in [-0.25, -0.2) is 0 Å². The molecule has 0 heterocycles. The van der Waals surface area contributed by atoms with Crippen LogP contribution in [0, 0.1) is 0 Å². The smallest absolute Gasteiger partial charge is 0.180 e. The Bertz CT molecular complexity index is 319. The number of hydrogen-bond donors (Lipinski definition) is 0. The number of Topliss-reactive ketones (excluding diaryl/α,β-unsaturated/α-hetero) is 1. The second-order valence-corrected chi connectivity index (χ2v) is 3.55. The molecule has 12 heavy (non-hydrogen) atoms. The van der Waals surface area contributed by atoms with Crippen molar-refractivity contribution in [3.63, 3.8) is 0 Å². The fraction of sp³-hybridized carbons (Fsp3) is 0.300. The van der Waals surface area contributed by atoms with Gasteiger partial charge in [-0.2, -0.15) is 0 Å². The van der Waals surface area contributed by atoms with Gasteiger partial charge in [-0.15, -0.1) is 11.6 Å². The maximum atomic E-state index is 11.5. The molecule has 0 amide bonds. The third-order valence-electron chi connectivity index (χ3n) is 2.23. The van der Waals surface area contributed by atoms with E-state index in [0.717, 1.165) is 24.0 Å². The highest BCUT2D eigenvalue weighted by atomic mass is 35.5. The summed E-state index contributed by atoms with van der Waals surface area (Å²) in [5.41, 5.74) is 1.95. The number of fused-ring (bicyclic) bond motifs is 1. The van der Waals surface area contributed by atoms with Gasteiger partial charge in [0.25, 0.3) is 0 Å². The summed E-state index contributed by atoms with van der Waals surface area (Å²) >= 11 is 5.85. The van der Waals surface area contributed by atoms with E-state index in [1.54, 1.807) is 0 Å². The monoisotopic (exact) mass is 180 g/mol. The van der Waals surface area contributed by atoms with Gasteiger partial charge in [0, 0.05) is 5.56 Å². The van der Waals surface area contributed by atoms with Gasteiger partial charge in [-0.05, 0) is 18.4 Å². The molecule has 1 aliphatic carbocycles. The van der Waals surface area contributed by atoms with Crippen molar-refractivity contribution in [1.29, 1.82) is 0 Å². The van der Waals surface area contributed by atoms with E-state index in [0.29, 0.717) is 0 Å². The highest BCUT2D eigenvalue weighted by Gasteiger charge is 2.24. The van der Waals surface area contributed by atoms with Crippen LogP contribution < -0.4 is 0 Å². The van der Waals surface area contributed by atoms with E-state index in [4.69, 9.17) is 11.6 Å². The predicted octanol–water partition coefficient (Wildman–Crippen LogP) is 2.42. The van der Waals surface area contributed by atoms with E-state index in [2.05, 4.69) is 0 Å². The third kappa shape index (κ3) is 1.14. The molecule has 2 rings (SSSR count). The Kier molecular flexibility index (Phi) is 1.89. The molecule has 0 aromatic heterocycles. The average Bonchev–Trinajstić information content (AvgIpc) is 2.12. The number of aryl methyl sites for hydroxylation is 1. The number of hydrogen-bond acceptors (Lipinski definition) is 1. The molecule has 0 saturated heterocycles. The number of rotatable bonds is 0. The molecule has 0 fully saturated rings. The Morgan fingerprint density at radius 2 is 2.08 bits per heavy atom. The normalized spacial score (nSPS) is 22.1. The Morgan fingerprint density at radius 1 is 1.33 bits per heavy atom. The van der Waals surface area contributed by atoms with Gasteiger partial charge in [0.05, 0.1) is 5.38 Å². The summed E-state index contributed by atoms with van der Waals surface area (Å²) in [6.07, 6.45) is 1.70. The first-order valence-electron chi connectivity index (χ1n) is 4.05. The molecule has 0 aliphatic heterocycles. The number of carbonyl (C=O) groups is 1. The fourth-order valence-electron chi connectivity index (χ4n) is 1.56. The quantitative estimate of drug-likeness (QED) is 0.561. The van der Waals surface area contributed by atoms with Gasteiger partial charge in [-0.3, -0.25) is 4.79 Å². The van der Waals surface area contributed by atoms with E-state index in [1.165, 1.54) is 0 Å². The lowest BCUT2D eigenvalue weighted by Crippen LogP contribution is -2.22. The Morgan fingerprint density at radius 3 is 2.92 bits per heavy atom. The SMILES string of the molecule is O=C1c2ccccc2CCC1Cl. The molecule has 1 aromatic rings. The van der Waals surface area contributed by atoms with Crippen LogP contribution in [-0.4, -0.2) is 11.2 Å². The molecular formula is C10H9ClO. The lowest BCUT2D eigenvalue weighted by molar-refractivity contribution is 0.0977. The van der Waals surface area contributed by atoms with Crippen molar-refractivity contribution >= 4 is 17.4 Å². The molecule has 1 atom stereocenters. The largest absolute Gasteiger partial charge is 0.292 e. The van der Waals surface area contributed by atoms with Crippen molar-refractivity contribution in [1.82, 2.24) is 0 Å². The topological polar surface area (TPSA) is 17.1 Å². The first-order chi connectivity index (χ1) is 5.79. The molecule has 0 N–H and O–H groups in total. The lowest BCUT2D eigenvalue weighted by atomic mass is 9.90. The number of halogens is 1. The summed E-state index contributed by atoms with van der Waals surface area (Å²) < 4.78 is 0. The van der Waals surface area contributed by atoms with E-state index >= 15 is 0 Å². The fourth-order valence-corrected chi connectivity index (χ4v) is 1.79. The zero-order valence-electron chi connectivity index (χ0n) is 6.59. The van der Waals surface area contributed by atoms with E-state index in [9.17, 15) is 4.79 Å². The summed E-state index contributed by atoms with van der Waals surface area (Å²) in [5, 5.41) is -0.306. The lowest BCUT2D eigenvalue weighted by Gasteiger charge is -2.17. The highest BCUT2D eigenvalue weighted by molar-refractivity contribution is 6.34. The molecule has 1 aromatic carbocycles. The first-order valence-corrected chi connectivity index (χ1v) is 4.49. The van der Waals surface area contributed by atoms with Crippen molar-refractivity contribution < 1.29 is 4.79 Å². The van der Waals surface area contributed by atoms with Crippen molar-refractivity contribution in [2.24, 2.45) is 0 Å². The van der Waals surface area contributed by atoms with E-state index < -0.39 is 0 Å². The molecule has 1 nitrogen and oxygen atoms in total. The van der Waals surface area contributed by atoms with Gasteiger partial charge >= 0.3 is 0 Å². The van der Waals surface area contributed by atoms with Gasteiger partial charge in [0.2, 0.25) is 0 Å². The van der Waals surface area contributed by atoms with Crippen LogP contribution in [0.15, 0.2) is 24.3 Å². The van der Waals surface area contributed by atoms with Crippen LogP contribution in [-0.2, 0) is 6.42 Å². The van der Waals surface area contributed by atoms with E-state index in [-0.39, 0.29) is 11.2 Å². The van der Waals surface area contributed by atoms with Gasteiger partial charge < -0.3 is 0 Å². The summed E-state index contributed by atoms with van der Waals surface area (Å²) in [5.74, 6) is 0.0820. The number of ketones is 1. The van der Waals surface area contributed by atoms with Gasteiger partial charge in [0.15, 0.2) is 5.78 Å². The maximum absolute atomic E-state index is 11.5. The molecule has 1 unspecified atom stereocenters. The molecule has 0 radical (unpaired) electrons. The van der Waals surface area contributed by atoms with Crippen LogP contribution in [0.4, 0.5) is 0 Å². The third-order valence-corrected chi connectivity index (χ3v) is 2.65. The Labute approximate surface area is 76.4 Å². The minimum absolute atomic E-state index is 0.0820. The molecular weight excluding hydrogens is 172 g/mol. The number of benzene rings is 1. The van der Waals surface area contributed by atoms with Crippen LogP contribution in [0.5, 0.6) is 0 Å². The Hall–Kier alpha value is -0.820. The van der Waals surface area contributed by atoms with Crippen molar-refractivity contribution in [3.8, 4) is 0 Å². The summed E-state index contributed by atoms with van der Waals surface area (Å²) in [6, 6.07) is 7.69. The van der Waals surface area contributed by atoms with Crippen molar-refractivity contribution in [3.05, 3.63) is 35.4 Å². The van der Waals surface area contributed by atoms with Crippen LogP contribution in [0.25, 0.3) is 0 Å².